The average molecular weight is 772 g/mol. The third-order valence-corrected chi connectivity index (χ3v) is 12.0. The Kier molecular flexibility index (Phi) is 19.2. The molecule has 3 aromatic rings. The molecule has 0 N–H and O–H groups in total. The topological polar surface area (TPSA) is 60.8 Å². The minimum Gasteiger partial charge on any atom is -0.682 e. The predicted octanol–water partition coefficient (Wildman–Crippen LogP) is 10.9. The number of benzene rings is 2. The summed E-state index contributed by atoms with van der Waals surface area (Å²) >= 11 is 0. The van der Waals surface area contributed by atoms with Crippen molar-refractivity contribution in [2.75, 3.05) is 26.4 Å². The first kappa shape index (κ1) is 40.4. The fraction of sp³-hybridized carbons (Fsp3) is 0.600. The number of hydrogen-bond donors (Lipinski definition) is 0. The van der Waals surface area contributed by atoms with Crippen molar-refractivity contribution >= 4 is 33.1 Å². The van der Waals surface area contributed by atoms with Gasteiger partial charge >= 0.3 is 38.2 Å². The second-order valence-corrected chi connectivity index (χ2v) is 23.4. The van der Waals surface area contributed by atoms with Crippen LogP contribution in [-0.4, -0.2) is 42.9 Å². The summed E-state index contributed by atoms with van der Waals surface area (Å²) in [7, 11) is -2.21. The summed E-state index contributed by atoms with van der Waals surface area (Å²) in [4.78, 5) is 4.68. The van der Waals surface area contributed by atoms with E-state index < -0.39 is 16.5 Å². The number of hydrogen-bond acceptors (Lipinski definition) is 2. The molecule has 1 aromatic heterocycles. The van der Waals surface area contributed by atoms with Gasteiger partial charge in [-0.15, -0.1) is 17.7 Å². The Bertz CT molecular complexity index is 1070. The van der Waals surface area contributed by atoms with Crippen molar-refractivity contribution in [2.24, 2.45) is 0 Å². The van der Waals surface area contributed by atoms with Crippen LogP contribution in [0.15, 0.2) is 48.5 Å². The maximum atomic E-state index is 4.95. The number of nitrogens with zero attached hydrogens (tertiary/aromatic N) is 3. The van der Waals surface area contributed by atoms with E-state index in [1.807, 2.05) is 6.07 Å². The van der Waals surface area contributed by atoms with Crippen LogP contribution in [0.2, 0.25) is 39.3 Å². The third-order valence-electron chi connectivity index (χ3n) is 6.59. The number of ether oxygens (including phenoxy) is 2. The zero-order valence-electron chi connectivity index (χ0n) is 28.6. The van der Waals surface area contributed by atoms with Crippen LogP contribution in [0.3, 0.4) is 0 Å². The van der Waals surface area contributed by atoms with E-state index in [4.69, 9.17) is 19.4 Å². The third kappa shape index (κ3) is 17.0. The van der Waals surface area contributed by atoms with Crippen LogP contribution in [0.4, 0.5) is 5.69 Å². The molecule has 2 saturated heterocycles. The molecule has 0 atom stereocenters. The van der Waals surface area contributed by atoms with Crippen molar-refractivity contribution in [3.05, 3.63) is 75.3 Å². The summed E-state index contributed by atoms with van der Waals surface area (Å²) in [5.74, 6) is 0.943. The fourth-order valence-electron chi connectivity index (χ4n) is 5.04. The SMILES string of the molecule is C1CCOC1.C1CCOC1.CC(C)c1cccc(C(C)C)c1[N-]Cc1cc2ccccc2[n-]1.C[Si](C)(C)[N-][Si](C)(C)C.[Dy+3]. The monoisotopic (exact) mass is 772 g/mol. The van der Waals surface area contributed by atoms with Gasteiger partial charge in [0.1, 0.15) is 0 Å². The Hall–Kier alpha value is -0.634. The van der Waals surface area contributed by atoms with Gasteiger partial charge in [0.25, 0.3) is 0 Å². The first-order chi connectivity index (χ1) is 19.8. The molecule has 243 valence electrons. The summed E-state index contributed by atoms with van der Waals surface area (Å²) in [6.45, 7) is 27.3. The standard InChI is InChI=1S/C21H24N2.C6H18NSi2.2C4H8O.Dy/c1-14(2)18-9-7-10-19(15(3)4)21(18)22-13-17-12-16-8-5-6-11-20(16)23-17;1-8(2,3)7-9(4,5)6;2*1-2-4-5-3-1;/h5-12,14-15H,13H2,1-4H3;1-6H3;2*1-4H2;/q-2;-1;;;+3. The zero-order chi connectivity index (χ0) is 31.2. The number of aromatic nitrogens is 1. The quantitative estimate of drug-likeness (QED) is 0.225. The van der Waals surface area contributed by atoms with Crippen LogP contribution in [-0.2, 0) is 16.0 Å². The molecule has 0 bridgehead atoms. The second-order valence-electron chi connectivity index (χ2n) is 13.8. The van der Waals surface area contributed by atoms with E-state index >= 15 is 0 Å². The van der Waals surface area contributed by atoms with E-state index in [1.165, 1.54) is 42.2 Å². The van der Waals surface area contributed by atoms with E-state index in [1.54, 1.807) is 0 Å². The summed E-state index contributed by atoms with van der Waals surface area (Å²) < 4.78 is 14.7. The molecular formula is C35H58DyN3O2Si2. The van der Waals surface area contributed by atoms with Crippen molar-refractivity contribution in [3.8, 4) is 0 Å². The predicted molar refractivity (Wildman–Crippen MR) is 189 cm³/mol. The van der Waals surface area contributed by atoms with Crippen LogP contribution in [0.1, 0.15) is 82.0 Å². The molecule has 0 aliphatic carbocycles. The zero-order valence-corrected chi connectivity index (χ0v) is 32.6. The molecule has 2 aliphatic rings. The molecule has 2 aliphatic heterocycles. The summed E-state index contributed by atoms with van der Waals surface area (Å²) in [6, 6.07) is 16.9. The van der Waals surface area contributed by atoms with Gasteiger partial charge in [-0.05, 0) is 42.9 Å². The Morgan fingerprint density at radius 2 is 1.16 bits per heavy atom. The van der Waals surface area contributed by atoms with Gasteiger partial charge in [-0.1, -0.05) is 143 Å². The molecule has 0 amide bonds. The molecule has 0 unspecified atom stereocenters. The van der Waals surface area contributed by atoms with Crippen LogP contribution < -0.4 is 4.98 Å². The Morgan fingerprint density at radius 1 is 0.698 bits per heavy atom. The molecule has 8 heteroatoms. The number of rotatable bonds is 7. The molecule has 5 rings (SSSR count). The molecule has 0 spiro atoms. The van der Waals surface area contributed by atoms with Crippen molar-refractivity contribution in [1.29, 1.82) is 0 Å². The molecule has 43 heavy (non-hydrogen) atoms. The first-order valence-corrected chi connectivity index (χ1v) is 22.9. The van der Waals surface area contributed by atoms with Gasteiger partial charge in [0.05, 0.1) is 0 Å². The van der Waals surface area contributed by atoms with Gasteiger partial charge in [0.2, 0.25) is 0 Å². The van der Waals surface area contributed by atoms with E-state index in [0.29, 0.717) is 18.4 Å². The summed E-state index contributed by atoms with van der Waals surface area (Å²) in [5.41, 5.74) is 5.91. The average Bonchev–Trinajstić information content (AvgIpc) is 3.69. The van der Waals surface area contributed by atoms with Gasteiger partial charge in [-0.25, -0.2) is 0 Å². The Balaban J connectivity index is 0.000000376. The Labute approximate surface area is 296 Å². The maximum absolute atomic E-state index is 4.95. The van der Waals surface area contributed by atoms with Crippen molar-refractivity contribution in [2.45, 2.75) is 111 Å². The summed E-state index contributed by atoms with van der Waals surface area (Å²) in [5, 5.41) is 6.15. The number of para-hydroxylation sites is 2. The summed E-state index contributed by atoms with van der Waals surface area (Å²) in [6.07, 6.45) is 5.11. The van der Waals surface area contributed by atoms with Crippen molar-refractivity contribution in [1.82, 2.24) is 4.98 Å². The van der Waals surface area contributed by atoms with Gasteiger partial charge in [-0.2, -0.15) is 5.69 Å². The number of fused-ring (bicyclic) bond motifs is 1. The first-order valence-electron chi connectivity index (χ1n) is 16.0. The maximum Gasteiger partial charge on any atom is 3.00 e. The largest absolute Gasteiger partial charge is 3.00 e. The molecule has 0 saturated carbocycles. The van der Waals surface area contributed by atoms with Crippen molar-refractivity contribution < 1.29 is 47.6 Å². The fourth-order valence-corrected chi connectivity index (χ4v) is 13.1. The molecule has 1 radical (unpaired) electrons. The molecule has 5 nitrogen and oxygen atoms in total. The van der Waals surface area contributed by atoms with Crippen LogP contribution >= 0.6 is 0 Å². The van der Waals surface area contributed by atoms with Gasteiger partial charge in [-0.3, -0.25) is 0 Å². The smallest absolute Gasteiger partial charge is 0.682 e. The normalized spacial score (nSPS) is 14.7. The van der Waals surface area contributed by atoms with Gasteiger partial charge in [0.15, 0.2) is 0 Å². The van der Waals surface area contributed by atoms with Gasteiger partial charge < -0.3 is 24.4 Å². The second kappa shape index (κ2) is 20.5. The van der Waals surface area contributed by atoms with E-state index in [2.05, 4.69) is 114 Å². The van der Waals surface area contributed by atoms with E-state index in [0.717, 1.165) is 43.3 Å². The van der Waals surface area contributed by atoms with Gasteiger partial charge in [0, 0.05) is 26.4 Å². The molecular weight excluding hydrogens is 713 g/mol. The van der Waals surface area contributed by atoms with E-state index in [9.17, 15) is 0 Å². The van der Waals surface area contributed by atoms with Crippen molar-refractivity contribution in [3.63, 3.8) is 0 Å². The van der Waals surface area contributed by atoms with E-state index in [-0.39, 0.29) is 38.2 Å². The minimum atomic E-state index is -1.11. The molecule has 2 aromatic carbocycles. The minimum absolute atomic E-state index is 0. The molecule has 2 fully saturated rings. The Morgan fingerprint density at radius 3 is 1.51 bits per heavy atom. The van der Waals surface area contributed by atoms with Crippen LogP contribution in [0.5, 0.6) is 0 Å². The molecule has 3 heterocycles. The van der Waals surface area contributed by atoms with Crippen LogP contribution in [0, 0.1) is 38.2 Å². The van der Waals surface area contributed by atoms with Crippen LogP contribution in [0.25, 0.3) is 20.9 Å².